The van der Waals surface area contributed by atoms with Gasteiger partial charge in [-0.05, 0) is 140 Å². The molecule has 6 fully saturated rings. The maximum atomic E-state index is 12.0. The lowest BCUT2D eigenvalue weighted by atomic mass is 9.32. The van der Waals surface area contributed by atoms with Gasteiger partial charge in [-0.2, -0.15) is 0 Å². The summed E-state index contributed by atoms with van der Waals surface area (Å²) in [5.74, 6) is 6.05. The molecule has 0 unspecified atom stereocenters. The van der Waals surface area contributed by atoms with Crippen LogP contribution in [0.4, 0.5) is 0 Å². The number of hydrogen-bond donors (Lipinski definition) is 1. The molecule has 1 saturated heterocycles. The smallest absolute Gasteiger partial charge is 0.152 e. The highest BCUT2D eigenvalue weighted by Gasteiger charge is 2.71. The Morgan fingerprint density at radius 2 is 1.51 bits per heavy atom. The standard InChI is InChI=1S/C42H68N2O2S/c1-29(2)32-15-20-42(43-23-24-44-25-27-47(45,46)28-26-44)22-21-40(7)34(37(32)42)13-14-36-39(6)18-16-33(31-11-9-30(3)10-12-31)38(4,5)35(39)17-19-41(36,40)8/h9-12,29,32-37,43H,13-28H2,1-8H3/t32-,33+,34+,35-,36+,37+,39-,40+,41+,42-/m0/s1. The molecule has 7 rings (SSSR count). The normalized spacial score (nSPS) is 45.9. The van der Waals surface area contributed by atoms with Crippen LogP contribution < -0.4 is 5.32 Å². The summed E-state index contributed by atoms with van der Waals surface area (Å²) in [5.41, 5.74) is 4.76. The number of nitrogens with one attached hydrogen (secondary N) is 1. The van der Waals surface area contributed by atoms with Crippen molar-refractivity contribution in [2.24, 2.45) is 57.2 Å². The fourth-order valence-corrected chi connectivity index (χ4v) is 15.8. The minimum atomic E-state index is -2.83. The quantitative estimate of drug-likeness (QED) is 0.330. The Kier molecular flexibility index (Phi) is 8.69. The maximum Gasteiger partial charge on any atom is 0.152 e. The zero-order valence-electron chi connectivity index (χ0n) is 31.3. The molecule has 1 heterocycles. The molecule has 5 heteroatoms. The van der Waals surface area contributed by atoms with Gasteiger partial charge in [-0.25, -0.2) is 8.42 Å². The van der Waals surface area contributed by atoms with Crippen LogP contribution in [0.1, 0.15) is 130 Å². The molecular weight excluding hydrogens is 597 g/mol. The fraction of sp³-hybridized carbons (Fsp3) is 0.857. The molecule has 1 aliphatic heterocycles. The molecule has 5 saturated carbocycles. The third-order valence-electron chi connectivity index (χ3n) is 17.2. The number of hydrogen-bond acceptors (Lipinski definition) is 4. The average molecular weight is 665 g/mol. The Morgan fingerprint density at radius 1 is 0.809 bits per heavy atom. The third-order valence-corrected chi connectivity index (χ3v) is 18.8. The third kappa shape index (κ3) is 5.35. The first-order chi connectivity index (χ1) is 22.1. The largest absolute Gasteiger partial charge is 0.310 e. The van der Waals surface area contributed by atoms with Crippen LogP contribution >= 0.6 is 0 Å². The molecule has 0 radical (unpaired) electrons. The van der Waals surface area contributed by atoms with Crippen LogP contribution in [0.25, 0.3) is 0 Å². The van der Waals surface area contributed by atoms with E-state index in [9.17, 15) is 8.42 Å². The van der Waals surface area contributed by atoms with Gasteiger partial charge in [-0.3, -0.25) is 0 Å². The molecule has 0 amide bonds. The summed E-state index contributed by atoms with van der Waals surface area (Å²) >= 11 is 0. The van der Waals surface area contributed by atoms with Gasteiger partial charge < -0.3 is 10.2 Å². The van der Waals surface area contributed by atoms with Crippen molar-refractivity contribution in [2.45, 2.75) is 131 Å². The Morgan fingerprint density at radius 3 is 2.19 bits per heavy atom. The second kappa shape index (κ2) is 11.8. The lowest BCUT2D eigenvalue weighted by Gasteiger charge is -2.73. The predicted molar refractivity (Wildman–Crippen MR) is 196 cm³/mol. The molecule has 10 atom stereocenters. The number of benzene rings is 1. The summed E-state index contributed by atoms with van der Waals surface area (Å²) in [6.45, 7) is 24.3. The molecule has 0 bridgehead atoms. The lowest BCUT2D eigenvalue weighted by molar-refractivity contribution is -0.235. The summed E-state index contributed by atoms with van der Waals surface area (Å²) in [6.07, 6.45) is 13.8. The number of aryl methyl sites for hydroxylation is 1. The fourth-order valence-electron chi connectivity index (χ4n) is 14.5. The zero-order chi connectivity index (χ0) is 33.6. The topological polar surface area (TPSA) is 49.4 Å². The number of rotatable bonds is 6. The molecule has 47 heavy (non-hydrogen) atoms. The number of fused-ring (bicyclic) bond motifs is 7. The summed E-state index contributed by atoms with van der Waals surface area (Å²) in [4.78, 5) is 2.39. The first kappa shape index (κ1) is 34.5. The molecule has 1 aromatic rings. The molecule has 1 N–H and O–H groups in total. The van der Waals surface area contributed by atoms with E-state index in [2.05, 4.69) is 89.9 Å². The van der Waals surface area contributed by atoms with Crippen molar-refractivity contribution in [2.75, 3.05) is 37.7 Å². The summed E-state index contributed by atoms with van der Waals surface area (Å²) in [6, 6.07) is 9.56. The van der Waals surface area contributed by atoms with Gasteiger partial charge >= 0.3 is 0 Å². The van der Waals surface area contributed by atoms with Gasteiger partial charge in [-0.1, -0.05) is 78.3 Å². The molecule has 4 nitrogen and oxygen atoms in total. The van der Waals surface area contributed by atoms with E-state index >= 15 is 0 Å². The Hall–Kier alpha value is -0.910. The summed E-state index contributed by atoms with van der Waals surface area (Å²) < 4.78 is 24.1. The van der Waals surface area contributed by atoms with E-state index < -0.39 is 9.84 Å². The van der Waals surface area contributed by atoms with Crippen LogP contribution in [-0.4, -0.2) is 56.5 Å². The van der Waals surface area contributed by atoms with Gasteiger partial charge in [-0.15, -0.1) is 0 Å². The first-order valence-electron chi connectivity index (χ1n) is 19.8. The van der Waals surface area contributed by atoms with Crippen LogP contribution in [0.3, 0.4) is 0 Å². The van der Waals surface area contributed by atoms with Crippen molar-refractivity contribution >= 4 is 9.84 Å². The van der Waals surface area contributed by atoms with Crippen LogP contribution in [0.5, 0.6) is 0 Å². The highest BCUT2D eigenvalue weighted by Crippen LogP contribution is 2.77. The van der Waals surface area contributed by atoms with E-state index in [0.717, 1.165) is 48.6 Å². The van der Waals surface area contributed by atoms with Gasteiger partial charge in [0.25, 0.3) is 0 Å². The Labute approximate surface area is 288 Å². The van der Waals surface area contributed by atoms with Crippen LogP contribution in [-0.2, 0) is 9.84 Å². The predicted octanol–water partition coefficient (Wildman–Crippen LogP) is 8.89. The van der Waals surface area contributed by atoms with E-state index in [-0.39, 0.29) is 5.54 Å². The lowest BCUT2D eigenvalue weighted by Crippen LogP contribution is -2.68. The van der Waals surface area contributed by atoms with Crippen molar-refractivity contribution in [3.8, 4) is 0 Å². The van der Waals surface area contributed by atoms with Gasteiger partial charge in [0.1, 0.15) is 0 Å². The molecule has 0 spiro atoms. The summed E-state index contributed by atoms with van der Waals surface area (Å²) in [7, 11) is -2.83. The van der Waals surface area contributed by atoms with E-state index in [1.54, 1.807) is 5.56 Å². The Balaban J connectivity index is 1.13. The van der Waals surface area contributed by atoms with Crippen molar-refractivity contribution < 1.29 is 8.42 Å². The van der Waals surface area contributed by atoms with Gasteiger partial charge in [0.05, 0.1) is 11.5 Å². The maximum absolute atomic E-state index is 12.0. The van der Waals surface area contributed by atoms with E-state index in [1.165, 1.54) is 69.8 Å². The zero-order valence-corrected chi connectivity index (χ0v) is 32.2. The molecule has 1 aromatic carbocycles. The van der Waals surface area contributed by atoms with Gasteiger partial charge in [0, 0.05) is 31.7 Å². The molecular formula is C42H68N2O2S. The van der Waals surface area contributed by atoms with E-state index in [0.29, 0.717) is 52.2 Å². The van der Waals surface area contributed by atoms with Crippen molar-refractivity contribution in [1.29, 1.82) is 0 Å². The molecule has 5 aliphatic carbocycles. The van der Waals surface area contributed by atoms with Crippen molar-refractivity contribution in [3.05, 3.63) is 35.4 Å². The Bertz CT molecular complexity index is 1410. The molecule has 6 aliphatic rings. The highest BCUT2D eigenvalue weighted by atomic mass is 32.2. The average Bonchev–Trinajstić information content (AvgIpc) is 3.39. The van der Waals surface area contributed by atoms with Crippen LogP contribution in [0.2, 0.25) is 0 Å². The van der Waals surface area contributed by atoms with Crippen molar-refractivity contribution in [3.63, 3.8) is 0 Å². The minimum absolute atomic E-state index is 0.263. The monoisotopic (exact) mass is 665 g/mol. The van der Waals surface area contributed by atoms with Crippen molar-refractivity contribution in [1.82, 2.24) is 10.2 Å². The second-order valence-corrected chi connectivity index (χ2v) is 21.8. The molecule has 0 aromatic heterocycles. The first-order valence-corrected chi connectivity index (χ1v) is 21.6. The second-order valence-electron chi connectivity index (χ2n) is 19.5. The minimum Gasteiger partial charge on any atom is -0.310 e. The van der Waals surface area contributed by atoms with Crippen LogP contribution in [0.15, 0.2) is 24.3 Å². The van der Waals surface area contributed by atoms with E-state index in [1.807, 2.05) is 0 Å². The van der Waals surface area contributed by atoms with E-state index in [4.69, 9.17) is 0 Å². The van der Waals surface area contributed by atoms with Crippen LogP contribution in [0, 0.1) is 64.1 Å². The SMILES string of the molecule is Cc1ccc([C@H]2CC[C@]3(C)[C@H]4CC[C@@H]5[C@H]6[C@H](C(C)C)CC[C@]6(NCCN6CCS(=O)(=O)CC6)CC[C@@]5(C)[C@]4(C)CC[C@H]3C2(C)C)cc1. The molecule has 264 valence electrons. The van der Waals surface area contributed by atoms with Gasteiger partial charge in [0.2, 0.25) is 0 Å². The van der Waals surface area contributed by atoms with Gasteiger partial charge in [0.15, 0.2) is 9.84 Å². The number of nitrogens with zero attached hydrogens (tertiary/aromatic N) is 1. The number of sulfone groups is 1. The summed E-state index contributed by atoms with van der Waals surface area (Å²) in [5, 5.41) is 4.28. The highest BCUT2D eigenvalue weighted by molar-refractivity contribution is 7.91.